The maximum atomic E-state index is 13.6. The molecule has 3 aromatic rings. The van der Waals surface area contributed by atoms with E-state index >= 15 is 0 Å². The van der Waals surface area contributed by atoms with Crippen LogP contribution in [-0.2, 0) is 29.2 Å². The number of hydrazine groups is 1. The number of carbonyl (C=O) groups is 2. The zero-order valence-corrected chi connectivity index (χ0v) is 24.5. The third kappa shape index (κ3) is 7.56. The van der Waals surface area contributed by atoms with Gasteiger partial charge in [-0.2, -0.15) is 5.10 Å². The second-order valence-corrected chi connectivity index (χ2v) is 9.97. The van der Waals surface area contributed by atoms with Crippen molar-refractivity contribution in [2.45, 2.75) is 46.8 Å². The van der Waals surface area contributed by atoms with Gasteiger partial charge >= 0.3 is 0 Å². The van der Waals surface area contributed by atoms with Crippen LogP contribution in [0.1, 0.15) is 29.3 Å². The Kier molecular flexibility index (Phi) is 11.1. The second kappa shape index (κ2) is 14.1. The van der Waals surface area contributed by atoms with E-state index in [1.54, 1.807) is 31.0 Å². The Morgan fingerprint density at radius 1 is 1.05 bits per heavy atom. The molecule has 0 fully saturated rings. The first-order valence-electron chi connectivity index (χ1n) is 13.4. The molecule has 4 rings (SSSR count). The Labute approximate surface area is 244 Å². The highest BCUT2D eigenvalue weighted by Gasteiger charge is 2.26. The molecule has 0 atom stereocenters. The lowest BCUT2D eigenvalue weighted by atomic mass is 10.1. The number of hydrogen-bond donors (Lipinski definition) is 2. The summed E-state index contributed by atoms with van der Waals surface area (Å²) < 4.78 is 40.9. The maximum Gasteiger partial charge on any atom is 0.257 e. The van der Waals surface area contributed by atoms with E-state index in [1.165, 1.54) is 21.8 Å². The van der Waals surface area contributed by atoms with Gasteiger partial charge in [0.05, 0.1) is 18.6 Å². The molecule has 2 heterocycles. The molecule has 13 heteroatoms. The molecule has 0 spiro atoms. The smallest absolute Gasteiger partial charge is 0.257 e. The number of amides is 2. The third-order valence-corrected chi connectivity index (χ3v) is 7.20. The number of aromatic nitrogens is 2. The monoisotopic (exact) mass is 595 g/mol. The molecule has 224 valence electrons. The van der Waals surface area contributed by atoms with Crippen LogP contribution in [-0.4, -0.2) is 77.8 Å². The predicted octanol–water partition coefficient (Wildman–Crippen LogP) is 3.40. The highest BCUT2D eigenvalue weighted by molar-refractivity contribution is 5.98. The summed E-state index contributed by atoms with van der Waals surface area (Å²) in [6.45, 7) is 7.58. The van der Waals surface area contributed by atoms with Gasteiger partial charge in [0.15, 0.2) is 0 Å². The average molecular weight is 596 g/mol. The summed E-state index contributed by atoms with van der Waals surface area (Å²) in [5.41, 5.74) is 4.47. The fraction of sp³-hybridized carbons (Fsp3) is 0.464. The quantitative estimate of drug-likeness (QED) is 0.312. The van der Waals surface area contributed by atoms with Crippen LogP contribution in [0.2, 0.25) is 0 Å². The molecule has 2 aromatic carbocycles. The lowest BCUT2D eigenvalue weighted by molar-refractivity contribution is -0.145. The minimum Gasteiger partial charge on any atom is -0.315 e. The molecule has 0 radical (unpaired) electrons. The minimum absolute atomic E-state index is 0. The molecule has 1 aliphatic rings. The zero-order valence-electron chi connectivity index (χ0n) is 23.7. The first-order chi connectivity index (χ1) is 19.1. The van der Waals surface area contributed by atoms with Gasteiger partial charge in [0.1, 0.15) is 12.4 Å². The Balaban J connectivity index is 0.00000462. The lowest BCUT2D eigenvalue weighted by Gasteiger charge is -2.28. The van der Waals surface area contributed by atoms with Gasteiger partial charge in [-0.25, -0.2) is 18.2 Å². The van der Waals surface area contributed by atoms with Gasteiger partial charge in [-0.15, -0.1) is 12.4 Å². The summed E-state index contributed by atoms with van der Waals surface area (Å²) in [7, 11) is 1.66. The second-order valence-electron chi connectivity index (χ2n) is 9.97. The maximum absolute atomic E-state index is 13.6. The molecule has 1 aromatic heterocycles. The van der Waals surface area contributed by atoms with Crippen molar-refractivity contribution in [3.8, 4) is 0 Å². The normalized spacial score (nSPS) is 13.0. The van der Waals surface area contributed by atoms with Crippen LogP contribution in [0.5, 0.6) is 0 Å². The van der Waals surface area contributed by atoms with Crippen molar-refractivity contribution >= 4 is 40.8 Å². The van der Waals surface area contributed by atoms with Crippen LogP contribution in [0, 0.1) is 19.7 Å². The number of benzene rings is 2. The standard InChI is InChI=1S/C28H36F3N7O2.ClH/c1-5-32-8-9-37(25-12-24-23(10-18(25)2)19(3)38(34-24)17-26(30)31)28(40)14-33-13-27(39)35(4)36-15-20-6-7-22(29)11-21(20)16-36;/h6-7,10-12,26,32-33H,5,8-9,13-17H2,1-4H3;1H. The number of carbonyl (C=O) groups excluding carboxylic acids is 2. The molecule has 2 N–H and O–H groups in total. The summed E-state index contributed by atoms with van der Waals surface area (Å²) in [5, 5.41) is 14.6. The van der Waals surface area contributed by atoms with E-state index in [-0.39, 0.29) is 43.1 Å². The van der Waals surface area contributed by atoms with Crippen molar-refractivity contribution in [3.05, 3.63) is 58.5 Å². The summed E-state index contributed by atoms with van der Waals surface area (Å²) in [4.78, 5) is 27.8. The summed E-state index contributed by atoms with van der Waals surface area (Å²) in [6, 6.07) is 8.25. The highest BCUT2D eigenvalue weighted by Crippen LogP contribution is 2.29. The summed E-state index contributed by atoms with van der Waals surface area (Å²) >= 11 is 0. The van der Waals surface area contributed by atoms with Gasteiger partial charge in [0.25, 0.3) is 12.3 Å². The molecule has 0 saturated carbocycles. The molecule has 9 nitrogen and oxygen atoms in total. The molecular formula is C28H37ClF3N7O2. The van der Waals surface area contributed by atoms with Crippen molar-refractivity contribution in [2.24, 2.45) is 0 Å². The van der Waals surface area contributed by atoms with Gasteiger partial charge in [0.2, 0.25) is 5.91 Å². The first kappa shape index (κ1) is 32.3. The largest absolute Gasteiger partial charge is 0.315 e. The topological polar surface area (TPSA) is 85.7 Å². The van der Waals surface area contributed by atoms with E-state index in [1.807, 2.05) is 24.9 Å². The number of likely N-dealkylation sites (N-methyl/N-ethyl adjacent to an activating group) is 2. The number of nitrogens with zero attached hydrogens (tertiary/aromatic N) is 5. The number of aryl methyl sites for hydroxylation is 2. The van der Waals surface area contributed by atoms with E-state index in [9.17, 15) is 22.8 Å². The number of halogens is 4. The molecular weight excluding hydrogens is 559 g/mol. The average Bonchev–Trinajstić information content (AvgIpc) is 3.45. The van der Waals surface area contributed by atoms with E-state index < -0.39 is 13.0 Å². The van der Waals surface area contributed by atoms with Gasteiger partial charge in [-0.3, -0.25) is 24.6 Å². The Bertz CT molecular complexity index is 1380. The minimum atomic E-state index is -2.52. The molecule has 0 unspecified atom stereocenters. The van der Waals surface area contributed by atoms with E-state index in [0.29, 0.717) is 43.1 Å². The van der Waals surface area contributed by atoms with Crippen LogP contribution in [0.3, 0.4) is 0 Å². The van der Waals surface area contributed by atoms with Crippen molar-refractivity contribution in [1.82, 2.24) is 30.4 Å². The van der Waals surface area contributed by atoms with Crippen LogP contribution in [0.15, 0.2) is 30.3 Å². The molecule has 0 bridgehead atoms. The van der Waals surface area contributed by atoms with Crippen LogP contribution in [0.25, 0.3) is 10.9 Å². The number of fused-ring (bicyclic) bond motifs is 2. The Morgan fingerprint density at radius 2 is 1.76 bits per heavy atom. The van der Waals surface area contributed by atoms with Gasteiger partial charge in [-0.05, 0) is 61.3 Å². The van der Waals surface area contributed by atoms with Crippen LogP contribution >= 0.6 is 12.4 Å². The number of rotatable bonds is 12. The van der Waals surface area contributed by atoms with Gasteiger partial charge < -0.3 is 10.2 Å². The van der Waals surface area contributed by atoms with Crippen molar-refractivity contribution in [2.75, 3.05) is 44.7 Å². The van der Waals surface area contributed by atoms with E-state index in [2.05, 4.69) is 15.7 Å². The zero-order chi connectivity index (χ0) is 29.0. The van der Waals surface area contributed by atoms with Crippen molar-refractivity contribution < 1.29 is 22.8 Å². The molecule has 0 saturated heterocycles. The predicted molar refractivity (Wildman–Crippen MR) is 155 cm³/mol. The fourth-order valence-corrected chi connectivity index (χ4v) is 4.95. The third-order valence-electron chi connectivity index (χ3n) is 7.20. The molecule has 1 aliphatic heterocycles. The first-order valence-corrected chi connectivity index (χ1v) is 13.4. The van der Waals surface area contributed by atoms with Gasteiger partial charge in [-0.1, -0.05) is 13.0 Å². The summed E-state index contributed by atoms with van der Waals surface area (Å²) in [6.07, 6.45) is -2.52. The van der Waals surface area contributed by atoms with Crippen molar-refractivity contribution in [1.29, 1.82) is 0 Å². The SMILES string of the molecule is CCNCCN(C(=O)CNCC(=O)N(C)N1Cc2ccc(F)cc2C1)c1cc2nn(CC(F)F)c(C)c2cc1C.Cl. The van der Waals surface area contributed by atoms with E-state index in [4.69, 9.17) is 0 Å². The lowest BCUT2D eigenvalue weighted by Crippen LogP contribution is -2.47. The van der Waals surface area contributed by atoms with E-state index in [0.717, 1.165) is 28.6 Å². The molecule has 2 amide bonds. The number of nitrogens with one attached hydrogen (secondary N) is 2. The van der Waals surface area contributed by atoms with Gasteiger partial charge in [0, 0.05) is 50.0 Å². The molecule has 41 heavy (non-hydrogen) atoms. The fourth-order valence-electron chi connectivity index (χ4n) is 4.95. The summed E-state index contributed by atoms with van der Waals surface area (Å²) in [5.74, 6) is -0.763. The van der Waals surface area contributed by atoms with Crippen LogP contribution in [0.4, 0.5) is 18.9 Å². The Morgan fingerprint density at radius 3 is 2.46 bits per heavy atom. The Hall–Kier alpha value is -3.19. The highest BCUT2D eigenvalue weighted by atomic mass is 35.5. The van der Waals surface area contributed by atoms with Crippen molar-refractivity contribution in [3.63, 3.8) is 0 Å². The number of alkyl halides is 2. The number of anilines is 1. The number of hydrogen-bond acceptors (Lipinski definition) is 6. The van der Waals surface area contributed by atoms with Crippen LogP contribution < -0.4 is 15.5 Å². The molecule has 0 aliphatic carbocycles.